The molecular formula is C40H31N5. The molecule has 0 fully saturated rings. The van der Waals surface area contributed by atoms with Crippen LogP contribution in [0.25, 0.3) is 44.3 Å². The van der Waals surface area contributed by atoms with Crippen LogP contribution in [0.2, 0.25) is 0 Å². The second-order valence-electron chi connectivity index (χ2n) is 11.3. The number of benzene rings is 6. The number of para-hydroxylation sites is 4. The van der Waals surface area contributed by atoms with Gasteiger partial charge in [0, 0.05) is 33.4 Å². The fourth-order valence-corrected chi connectivity index (χ4v) is 6.43. The van der Waals surface area contributed by atoms with Crippen molar-refractivity contribution < 1.29 is 0 Å². The van der Waals surface area contributed by atoms with Crippen LogP contribution in [0.15, 0.2) is 152 Å². The molecule has 0 N–H and O–H groups in total. The zero-order valence-electron chi connectivity index (χ0n) is 25.2. The van der Waals surface area contributed by atoms with E-state index in [1.54, 1.807) is 0 Å². The summed E-state index contributed by atoms with van der Waals surface area (Å²) >= 11 is 0. The molecule has 5 heteroatoms. The predicted molar refractivity (Wildman–Crippen MR) is 185 cm³/mol. The summed E-state index contributed by atoms with van der Waals surface area (Å²) in [5.41, 5.74) is 11.7. The maximum absolute atomic E-state index is 5.08. The Balaban J connectivity index is 1.38. The van der Waals surface area contributed by atoms with E-state index in [9.17, 15) is 0 Å². The van der Waals surface area contributed by atoms with Gasteiger partial charge in [0.05, 0.1) is 33.8 Å². The molecule has 0 atom stereocenters. The molecule has 8 rings (SSSR count). The van der Waals surface area contributed by atoms with Crippen LogP contribution in [-0.4, -0.2) is 19.6 Å². The van der Waals surface area contributed by atoms with Crippen molar-refractivity contribution in [3.05, 3.63) is 163 Å². The van der Waals surface area contributed by atoms with E-state index >= 15 is 0 Å². The normalized spacial score (nSPS) is 11.3. The topological polar surface area (TPSA) is 38.9 Å². The van der Waals surface area contributed by atoms with Gasteiger partial charge in [-0.2, -0.15) is 10.2 Å². The lowest BCUT2D eigenvalue weighted by atomic mass is 9.94. The maximum atomic E-state index is 5.08. The molecule has 0 aliphatic rings. The van der Waals surface area contributed by atoms with Crippen molar-refractivity contribution in [2.45, 2.75) is 13.8 Å². The van der Waals surface area contributed by atoms with Gasteiger partial charge in [-0.15, -0.1) is 0 Å². The Morgan fingerprint density at radius 1 is 0.444 bits per heavy atom. The number of nitrogens with zero attached hydrogens (tertiary/aromatic N) is 5. The summed E-state index contributed by atoms with van der Waals surface area (Å²) in [4.78, 5) is 2.29. The van der Waals surface area contributed by atoms with Crippen molar-refractivity contribution >= 4 is 38.9 Å². The van der Waals surface area contributed by atoms with Crippen LogP contribution in [0.3, 0.4) is 0 Å². The van der Waals surface area contributed by atoms with Crippen LogP contribution in [0.1, 0.15) is 11.4 Å². The Hall–Kier alpha value is -5.94. The average Bonchev–Trinajstić information content (AvgIpc) is 3.62. The molecule has 2 heterocycles. The lowest BCUT2D eigenvalue weighted by Crippen LogP contribution is -2.09. The lowest BCUT2D eigenvalue weighted by molar-refractivity contribution is 0.882. The van der Waals surface area contributed by atoms with Crippen LogP contribution in [-0.2, 0) is 0 Å². The molecule has 5 nitrogen and oxygen atoms in total. The molecule has 0 unspecified atom stereocenters. The second kappa shape index (κ2) is 11.0. The highest BCUT2D eigenvalue weighted by molar-refractivity contribution is 6.13. The number of aryl methyl sites for hydroxylation is 2. The number of aromatic nitrogens is 4. The fourth-order valence-electron chi connectivity index (χ4n) is 6.43. The standard InChI is InChI=1S/C40H31N5/c1-28-38-36(44(41-28)34-19-11-5-12-20-34)27-37-39(29(2)42-45(37)35-21-13-6-14-22-35)40(38)30-23-25-33(26-24-30)43(31-15-7-3-8-16-31)32-17-9-4-10-18-32/h3-27H,1-2H3. The van der Waals surface area contributed by atoms with E-state index in [2.05, 4.69) is 168 Å². The van der Waals surface area contributed by atoms with Gasteiger partial charge in [0.15, 0.2) is 0 Å². The highest BCUT2D eigenvalue weighted by Gasteiger charge is 2.23. The summed E-state index contributed by atoms with van der Waals surface area (Å²) in [7, 11) is 0. The summed E-state index contributed by atoms with van der Waals surface area (Å²) in [6.45, 7) is 4.21. The van der Waals surface area contributed by atoms with Gasteiger partial charge >= 0.3 is 0 Å². The minimum Gasteiger partial charge on any atom is -0.311 e. The lowest BCUT2D eigenvalue weighted by Gasteiger charge is -2.25. The van der Waals surface area contributed by atoms with Gasteiger partial charge in [-0.1, -0.05) is 84.9 Å². The van der Waals surface area contributed by atoms with E-state index in [4.69, 9.17) is 10.2 Å². The first-order chi connectivity index (χ1) is 22.2. The van der Waals surface area contributed by atoms with E-state index in [1.165, 1.54) is 0 Å². The van der Waals surface area contributed by atoms with E-state index < -0.39 is 0 Å². The molecule has 0 saturated heterocycles. The molecule has 0 aliphatic heterocycles. The third kappa shape index (κ3) is 4.57. The van der Waals surface area contributed by atoms with Crippen molar-refractivity contribution in [3.8, 4) is 22.5 Å². The van der Waals surface area contributed by atoms with E-state index in [1.807, 2.05) is 12.1 Å². The van der Waals surface area contributed by atoms with E-state index in [-0.39, 0.29) is 0 Å². The van der Waals surface area contributed by atoms with Crippen molar-refractivity contribution in [2.24, 2.45) is 0 Å². The van der Waals surface area contributed by atoms with Crippen LogP contribution in [0.4, 0.5) is 17.1 Å². The molecule has 0 spiro atoms. The summed E-state index contributed by atoms with van der Waals surface area (Å²) in [6, 6.07) is 52.9. The molecule has 2 aromatic heterocycles. The van der Waals surface area contributed by atoms with Gasteiger partial charge in [0.25, 0.3) is 0 Å². The number of anilines is 3. The fraction of sp³-hybridized carbons (Fsp3) is 0.0500. The third-order valence-corrected chi connectivity index (χ3v) is 8.41. The van der Waals surface area contributed by atoms with Gasteiger partial charge in [-0.3, -0.25) is 0 Å². The van der Waals surface area contributed by atoms with Gasteiger partial charge < -0.3 is 4.90 Å². The first-order valence-corrected chi connectivity index (χ1v) is 15.2. The number of hydrogen-bond donors (Lipinski definition) is 0. The first kappa shape index (κ1) is 26.7. The van der Waals surface area contributed by atoms with Gasteiger partial charge in [-0.25, -0.2) is 9.36 Å². The molecule has 0 bridgehead atoms. The second-order valence-corrected chi connectivity index (χ2v) is 11.3. The minimum atomic E-state index is 0.983. The van der Waals surface area contributed by atoms with Crippen LogP contribution >= 0.6 is 0 Å². The molecule has 0 amide bonds. The van der Waals surface area contributed by atoms with Gasteiger partial charge in [-0.05, 0) is 86.1 Å². The smallest absolute Gasteiger partial charge is 0.0772 e. The van der Waals surface area contributed by atoms with Crippen molar-refractivity contribution in [2.75, 3.05) is 4.90 Å². The van der Waals surface area contributed by atoms with Crippen molar-refractivity contribution in [1.29, 1.82) is 0 Å². The Bertz CT molecular complexity index is 2110. The molecule has 0 saturated carbocycles. The predicted octanol–water partition coefficient (Wildman–Crippen LogP) is 10.1. The molecule has 6 aromatic carbocycles. The van der Waals surface area contributed by atoms with Crippen LogP contribution in [0, 0.1) is 13.8 Å². The minimum absolute atomic E-state index is 0.983. The Morgan fingerprint density at radius 2 is 0.822 bits per heavy atom. The quantitative estimate of drug-likeness (QED) is 0.196. The van der Waals surface area contributed by atoms with E-state index in [0.29, 0.717) is 0 Å². The molecule has 0 aliphatic carbocycles. The summed E-state index contributed by atoms with van der Waals surface area (Å²) in [5.74, 6) is 0. The molecule has 0 radical (unpaired) electrons. The van der Waals surface area contributed by atoms with Crippen molar-refractivity contribution in [1.82, 2.24) is 19.6 Å². The van der Waals surface area contributed by atoms with Crippen molar-refractivity contribution in [3.63, 3.8) is 0 Å². The number of hydrogen-bond acceptors (Lipinski definition) is 3. The summed E-state index contributed by atoms with van der Waals surface area (Å²) < 4.78 is 4.12. The van der Waals surface area contributed by atoms with Crippen LogP contribution < -0.4 is 4.90 Å². The highest BCUT2D eigenvalue weighted by atomic mass is 15.3. The Labute approximate surface area is 262 Å². The molecule has 45 heavy (non-hydrogen) atoms. The number of fused-ring (bicyclic) bond motifs is 2. The molecular weight excluding hydrogens is 550 g/mol. The first-order valence-electron chi connectivity index (χ1n) is 15.2. The average molecular weight is 582 g/mol. The molecule has 8 aromatic rings. The maximum Gasteiger partial charge on any atom is 0.0772 e. The SMILES string of the molecule is Cc1nn(-c2ccccc2)c2cc3c(c(C)nn3-c3ccccc3)c(-c3ccc(N(c4ccccc4)c4ccccc4)cc3)c12. The largest absolute Gasteiger partial charge is 0.311 e. The zero-order valence-corrected chi connectivity index (χ0v) is 25.2. The highest BCUT2D eigenvalue weighted by Crippen LogP contribution is 2.42. The Morgan fingerprint density at radius 3 is 1.24 bits per heavy atom. The van der Waals surface area contributed by atoms with Gasteiger partial charge in [0.2, 0.25) is 0 Å². The summed E-state index contributed by atoms with van der Waals surface area (Å²) in [5, 5.41) is 12.4. The monoisotopic (exact) mass is 581 g/mol. The van der Waals surface area contributed by atoms with E-state index in [0.717, 1.165) is 72.8 Å². The molecule has 216 valence electrons. The van der Waals surface area contributed by atoms with Crippen LogP contribution in [0.5, 0.6) is 0 Å². The third-order valence-electron chi connectivity index (χ3n) is 8.41. The zero-order chi connectivity index (χ0) is 30.3. The van der Waals surface area contributed by atoms with Gasteiger partial charge in [0.1, 0.15) is 0 Å². The Kier molecular flexibility index (Phi) is 6.50. The summed E-state index contributed by atoms with van der Waals surface area (Å²) in [6.07, 6.45) is 0. The number of rotatable bonds is 6.